The number of benzene rings is 1. The quantitative estimate of drug-likeness (QED) is 0.469. The summed E-state index contributed by atoms with van der Waals surface area (Å²) in [6.07, 6.45) is -1.33. The van der Waals surface area contributed by atoms with Gasteiger partial charge in [-0.05, 0) is 40.3 Å². The molecule has 0 saturated heterocycles. The average molecular weight is 390 g/mol. The van der Waals surface area contributed by atoms with Gasteiger partial charge in [0.2, 0.25) is 2.21 Å². The molecule has 0 saturated carbocycles. The molecule has 0 unspecified atom stereocenters. The van der Waals surface area contributed by atoms with E-state index < -0.39 is 18.2 Å². The SMILES string of the molecule is CCS(=O)(=O)[C@](Cl)(I)[C@H](O)c1cccc(N)c1. The number of anilines is 1. The van der Waals surface area contributed by atoms with Crippen molar-refractivity contribution in [2.45, 2.75) is 15.2 Å². The minimum Gasteiger partial charge on any atom is -0.399 e. The Kier molecular flexibility index (Phi) is 4.67. The number of nitrogens with two attached hydrogens (primary N) is 1. The van der Waals surface area contributed by atoms with E-state index in [1.807, 2.05) is 0 Å². The van der Waals surface area contributed by atoms with Crippen molar-refractivity contribution in [1.29, 1.82) is 0 Å². The summed E-state index contributed by atoms with van der Waals surface area (Å²) < 4.78 is 21.8. The maximum atomic E-state index is 11.8. The van der Waals surface area contributed by atoms with Crippen LogP contribution in [0.25, 0.3) is 0 Å². The number of alkyl halides is 2. The third-order valence-corrected chi connectivity index (χ3v) is 7.67. The Labute approximate surface area is 119 Å². The van der Waals surface area contributed by atoms with Gasteiger partial charge in [-0.3, -0.25) is 0 Å². The molecule has 1 aromatic rings. The molecule has 0 aliphatic heterocycles. The lowest BCUT2D eigenvalue weighted by molar-refractivity contribution is 0.187. The third kappa shape index (κ3) is 3.04. The molecule has 7 heteroatoms. The lowest BCUT2D eigenvalue weighted by Gasteiger charge is -2.26. The van der Waals surface area contributed by atoms with Crippen LogP contribution in [0, 0.1) is 0 Å². The van der Waals surface area contributed by atoms with Crippen LogP contribution in [0.3, 0.4) is 0 Å². The average Bonchev–Trinajstić information content (AvgIpc) is 2.27. The molecule has 0 amide bonds. The fourth-order valence-electron chi connectivity index (χ4n) is 1.29. The van der Waals surface area contributed by atoms with Gasteiger partial charge in [-0.15, -0.1) is 0 Å². The number of halogens is 2. The highest BCUT2D eigenvalue weighted by molar-refractivity contribution is 14.1. The van der Waals surface area contributed by atoms with Crippen LogP contribution in [-0.2, 0) is 9.84 Å². The smallest absolute Gasteiger partial charge is 0.225 e. The fraction of sp³-hybridized carbons (Fsp3) is 0.400. The van der Waals surface area contributed by atoms with Crippen molar-refractivity contribution in [2.75, 3.05) is 11.5 Å². The summed E-state index contributed by atoms with van der Waals surface area (Å²) in [7, 11) is -3.60. The summed E-state index contributed by atoms with van der Waals surface area (Å²) in [5.41, 5.74) is 6.40. The van der Waals surface area contributed by atoms with Gasteiger partial charge < -0.3 is 10.8 Å². The van der Waals surface area contributed by atoms with Crippen LogP contribution in [0.4, 0.5) is 5.69 Å². The molecule has 1 aromatic carbocycles. The molecule has 3 N–H and O–H groups in total. The van der Waals surface area contributed by atoms with Crippen molar-refractivity contribution < 1.29 is 13.5 Å². The summed E-state index contributed by atoms with van der Waals surface area (Å²) in [6, 6.07) is 6.37. The molecule has 0 aliphatic carbocycles. The molecular weight excluding hydrogens is 377 g/mol. The Bertz CT molecular complexity index is 504. The topological polar surface area (TPSA) is 80.4 Å². The van der Waals surface area contributed by atoms with E-state index in [1.54, 1.807) is 40.8 Å². The summed E-state index contributed by atoms with van der Waals surface area (Å²) in [5, 5.41) is 10.1. The second-order valence-electron chi connectivity index (χ2n) is 3.54. The summed E-state index contributed by atoms with van der Waals surface area (Å²) in [6.45, 7) is 1.48. The second kappa shape index (κ2) is 5.29. The third-order valence-electron chi connectivity index (χ3n) is 2.34. The molecule has 0 bridgehead atoms. The van der Waals surface area contributed by atoms with Crippen molar-refractivity contribution in [3.63, 3.8) is 0 Å². The first-order valence-corrected chi connectivity index (χ1v) is 7.97. The summed E-state index contributed by atoms with van der Waals surface area (Å²) in [4.78, 5) is 0. The minimum atomic E-state index is -3.60. The fourth-order valence-corrected chi connectivity index (χ4v) is 3.89. The number of aliphatic hydroxyl groups excluding tert-OH is 1. The predicted molar refractivity (Wildman–Crippen MR) is 77.9 cm³/mol. The lowest BCUT2D eigenvalue weighted by atomic mass is 10.1. The van der Waals surface area contributed by atoms with Crippen LogP contribution in [0.1, 0.15) is 18.6 Å². The van der Waals surface area contributed by atoms with Gasteiger partial charge in [-0.2, -0.15) is 0 Å². The Hall–Kier alpha value is -0.0500. The number of nitrogen functional groups attached to an aromatic ring is 1. The first-order valence-electron chi connectivity index (χ1n) is 4.86. The molecule has 17 heavy (non-hydrogen) atoms. The number of hydrogen-bond donors (Lipinski definition) is 2. The Morgan fingerprint density at radius 3 is 2.65 bits per heavy atom. The minimum absolute atomic E-state index is 0.140. The van der Waals surface area contributed by atoms with Crippen molar-refractivity contribution in [1.82, 2.24) is 0 Å². The molecule has 0 aromatic heterocycles. The molecule has 2 atom stereocenters. The van der Waals surface area contributed by atoms with Gasteiger partial charge >= 0.3 is 0 Å². The molecule has 0 aliphatic rings. The Morgan fingerprint density at radius 1 is 1.59 bits per heavy atom. The number of rotatable bonds is 4. The molecule has 0 spiro atoms. The van der Waals surface area contributed by atoms with Gasteiger partial charge in [0.15, 0.2) is 9.84 Å². The van der Waals surface area contributed by atoms with Gasteiger partial charge in [-0.25, -0.2) is 8.42 Å². The van der Waals surface area contributed by atoms with Crippen LogP contribution < -0.4 is 5.73 Å². The Morgan fingerprint density at radius 2 is 2.18 bits per heavy atom. The van der Waals surface area contributed by atoms with Crippen LogP contribution in [-0.4, -0.2) is 21.5 Å². The standard InChI is InChI=1S/C10H13ClINO3S/c1-2-17(15,16)10(11,12)9(14)7-4-3-5-8(13)6-7/h3-6,9,14H,2,13H2,1H3/t9-,10-/m1/s1. The van der Waals surface area contributed by atoms with Gasteiger partial charge in [0.25, 0.3) is 0 Å². The van der Waals surface area contributed by atoms with Crippen molar-refractivity contribution >= 4 is 49.7 Å². The van der Waals surface area contributed by atoms with Gasteiger partial charge in [0.1, 0.15) is 6.10 Å². The summed E-state index contributed by atoms with van der Waals surface area (Å²) >= 11 is 7.52. The van der Waals surface area contributed by atoms with E-state index in [9.17, 15) is 13.5 Å². The number of sulfone groups is 1. The molecule has 0 fully saturated rings. The molecule has 0 heterocycles. The maximum absolute atomic E-state index is 11.8. The molecular formula is C10H13ClINO3S. The van der Waals surface area contributed by atoms with Crippen molar-refractivity contribution in [3.8, 4) is 0 Å². The monoisotopic (exact) mass is 389 g/mol. The molecule has 0 radical (unpaired) electrons. The summed E-state index contributed by atoms with van der Waals surface area (Å²) in [5.74, 6) is -0.140. The maximum Gasteiger partial charge on any atom is 0.225 e. The van der Waals surface area contributed by atoms with E-state index in [1.165, 1.54) is 13.0 Å². The second-order valence-corrected chi connectivity index (χ2v) is 9.88. The van der Waals surface area contributed by atoms with Crippen molar-refractivity contribution in [3.05, 3.63) is 29.8 Å². The molecule has 96 valence electrons. The lowest BCUT2D eigenvalue weighted by Crippen LogP contribution is -2.34. The van der Waals surface area contributed by atoms with Crippen LogP contribution in [0.15, 0.2) is 24.3 Å². The van der Waals surface area contributed by atoms with E-state index >= 15 is 0 Å². The zero-order valence-corrected chi connectivity index (χ0v) is 12.8. The molecule has 1 rings (SSSR count). The zero-order chi connectivity index (χ0) is 13.3. The van der Waals surface area contributed by atoms with Crippen LogP contribution >= 0.6 is 34.2 Å². The number of hydrogen-bond acceptors (Lipinski definition) is 4. The first-order chi connectivity index (χ1) is 7.72. The molecule has 4 nitrogen and oxygen atoms in total. The van der Waals surface area contributed by atoms with Crippen molar-refractivity contribution in [2.24, 2.45) is 0 Å². The first kappa shape index (κ1) is 15.0. The highest BCUT2D eigenvalue weighted by Crippen LogP contribution is 2.43. The van der Waals surface area contributed by atoms with Gasteiger partial charge in [0.05, 0.1) is 5.75 Å². The van der Waals surface area contributed by atoms with E-state index in [-0.39, 0.29) is 5.75 Å². The zero-order valence-electron chi connectivity index (χ0n) is 9.10. The van der Waals surface area contributed by atoms with E-state index in [4.69, 9.17) is 17.3 Å². The normalized spacial score (nSPS) is 17.4. The van der Waals surface area contributed by atoms with Gasteiger partial charge in [-0.1, -0.05) is 30.7 Å². The van der Waals surface area contributed by atoms with E-state index in [0.29, 0.717) is 11.3 Å². The highest BCUT2D eigenvalue weighted by atomic mass is 127. The van der Waals surface area contributed by atoms with E-state index in [0.717, 1.165) is 0 Å². The van der Waals surface area contributed by atoms with Crippen LogP contribution in [0.5, 0.6) is 0 Å². The van der Waals surface area contributed by atoms with Crippen LogP contribution in [0.2, 0.25) is 0 Å². The highest BCUT2D eigenvalue weighted by Gasteiger charge is 2.45. The number of aliphatic hydroxyl groups is 1. The Balaban J connectivity index is 3.17. The van der Waals surface area contributed by atoms with Gasteiger partial charge in [0, 0.05) is 5.69 Å². The largest absolute Gasteiger partial charge is 0.399 e. The van der Waals surface area contributed by atoms with E-state index in [2.05, 4.69) is 0 Å². The predicted octanol–water partition coefficient (Wildman–Crippen LogP) is 2.06.